The van der Waals surface area contributed by atoms with E-state index in [4.69, 9.17) is 23.1 Å². The summed E-state index contributed by atoms with van der Waals surface area (Å²) in [6.07, 6.45) is 1.54. The van der Waals surface area contributed by atoms with Crippen LogP contribution in [0.1, 0.15) is 10.4 Å². The van der Waals surface area contributed by atoms with Gasteiger partial charge in [-0.25, -0.2) is 4.98 Å². The van der Waals surface area contributed by atoms with Crippen LogP contribution >= 0.6 is 11.6 Å². The summed E-state index contributed by atoms with van der Waals surface area (Å²) < 4.78 is 0. The quantitative estimate of drug-likeness (QED) is 0.723. The minimum Gasteiger partial charge on any atom is -0.399 e. The van der Waals surface area contributed by atoms with E-state index in [0.29, 0.717) is 27.8 Å². The standard InChI is InChI=1S/C12H11ClN4O/c13-10-2-1-3-16-11(10)17-12(18)7-4-8(14)6-9(15)5-7/h1-6H,14-15H2,(H,16,17,18). The molecule has 0 unspecified atom stereocenters. The summed E-state index contributed by atoms with van der Waals surface area (Å²) in [5.74, 6) is -0.0697. The lowest BCUT2D eigenvalue weighted by molar-refractivity contribution is 0.102. The Morgan fingerprint density at radius 2 is 1.89 bits per heavy atom. The van der Waals surface area contributed by atoms with Gasteiger partial charge in [-0.2, -0.15) is 0 Å². The number of nitrogen functional groups attached to an aromatic ring is 2. The van der Waals surface area contributed by atoms with Crippen LogP contribution in [0.4, 0.5) is 17.2 Å². The minimum atomic E-state index is -0.366. The monoisotopic (exact) mass is 262 g/mol. The molecule has 1 amide bonds. The number of nitrogens with zero attached hydrogens (tertiary/aromatic N) is 1. The van der Waals surface area contributed by atoms with Crippen LogP contribution in [0.3, 0.4) is 0 Å². The second kappa shape index (κ2) is 4.93. The Hall–Kier alpha value is -2.27. The molecule has 1 heterocycles. The average molecular weight is 263 g/mol. The van der Waals surface area contributed by atoms with Crippen LogP contribution in [0.2, 0.25) is 5.02 Å². The highest BCUT2D eigenvalue weighted by atomic mass is 35.5. The maximum absolute atomic E-state index is 11.9. The summed E-state index contributed by atoms with van der Waals surface area (Å²) in [7, 11) is 0. The Bertz CT molecular complexity index is 580. The molecule has 0 fully saturated rings. The van der Waals surface area contributed by atoms with Gasteiger partial charge in [-0.3, -0.25) is 4.79 Å². The van der Waals surface area contributed by atoms with Crippen molar-refractivity contribution >= 4 is 34.7 Å². The van der Waals surface area contributed by atoms with Crippen molar-refractivity contribution in [3.8, 4) is 0 Å². The predicted molar refractivity (Wildman–Crippen MR) is 72.5 cm³/mol. The summed E-state index contributed by atoms with van der Waals surface area (Å²) in [5.41, 5.74) is 12.4. The number of benzene rings is 1. The number of hydrogen-bond acceptors (Lipinski definition) is 4. The van der Waals surface area contributed by atoms with Gasteiger partial charge in [0.1, 0.15) is 0 Å². The van der Waals surface area contributed by atoms with Gasteiger partial charge < -0.3 is 16.8 Å². The molecule has 1 aromatic carbocycles. The van der Waals surface area contributed by atoms with E-state index in [-0.39, 0.29) is 5.91 Å². The Labute approximate surface area is 109 Å². The molecule has 5 nitrogen and oxygen atoms in total. The average Bonchev–Trinajstić information content (AvgIpc) is 2.31. The lowest BCUT2D eigenvalue weighted by Gasteiger charge is -2.07. The van der Waals surface area contributed by atoms with Crippen LogP contribution in [0.15, 0.2) is 36.5 Å². The highest BCUT2D eigenvalue weighted by Crippen LogP contribution is 2.19. The Balaban J connectivity index is 2.25. The molecule has 92 valence electrons. The zero-order valence-electron chi connectivity index (χ0n) is 9.35. The van der Waals surface area contributed by atoms with Crippen molar-refractivity contribution in [2.45, 2.75) is 0 Å². The molecule has 0 radical (unpaired) electrons. The first-order chi connectivity index (χ1) is 8.56. The Kier molecular flexibility index (Phi) is 3.34. The summed E-state index contributed by atoms with van der Waals surface area (Å²) >= 11 is 5.89. The van der Waals surface area contributed by atoms with Crippen molar-refractivity contribution < 1.29 is 4.79 Å². The van der Waals surface area contributed by atoms with Crippen LogP contribution in [-0.4, -0.2) is 10.9 Å². The summed E-state index contributed by atoms with van der Waals surface area (Å²) in [6.45, 7) is 0. The lowest BCUT2D eigenvalue weighted by Crippen LogP contribution is -2.14. The van der Waals surface area contributed by atoms with Gasteiger partial charge in [0.05, 0.1) is 5.02 Å². The first-order valence-corrected chi connectivity index (χ1v) is 5.52. The van der Waals surface area contributed by atoms with Gasteiger partial charge >= 0.3 is 0 Å². The largest absolute Gasteiger partial charge is 0.399 e. The number of pyridine rings is 1. The van der Waals surface area contributed by atoms with Gasteiger partial charge in [0.15, 0.2) is 5.82 Å². The molecule has 0 atom stereocenters. The van der Waals surface area contributed by atoms with Gasteiger partial charge in [0.25, 0.3) is 5.91 Å². The van der Waals surface area contributed by atoms with Crippen LogP contribution < -0.4 is 16.8 Å². The van der Waals surface area contributed by atoms with Crippen molar-refractivity contribution in [2.75, 3.05) is 16.8 Å². The third-order valence-corrected chi connectivity index (χ3v) is 2.54. The van der Waals surface area contributed by atoms with Crippen LogP contribution in [0.25, 0.3) is 0 Å². The number of nitrogens with one attached hydrogen (secondary N) is 1. The molecule has 2 rings (SSSR count). The van der Waals surface area contributed by atoms with E-state index in [9.17, 15) is 4.79 Å². The molecule has 0 aliphatic rings. The Morgan fingerprint density at radius 3 is 2.50 bits per heavy atom. The smallest absolute Gasteiger partial charge is 0.257 e. The third-order valence-electron chi connectivity index (χ3n) is 2.23. The van der Waals surface area contributed by atoms with Crippen molar-refractivity contribution in [3.63, 3.8) is 0 Å². The summed E-state index contributed by atoms with van der Waals surface area (Å²) in [5, 5.41) is 2.95. The van der Waals surface area contributed by atoms with E-state index in [0.717, 1.165) is 0 Å². The fourth-order valence-corrected chi connectivity index (χ4v) is 1.63. The zero-order valence-corrected chi connectivity index (χ0v) is 10.1. The van der Waals surface area contributed by atoms with E-state index in [2.05, 4.69) is 10.3 Å². The number of carbonyl (C=O) groups is 1. The van der Waals surface area contributed by atoms with Crippen LogP contribution in [-0.2, 0) is 0 Å². The fraction of sp³-hybridized carbons (Fsp3) is 0. The van der Waals surface area contributed by atoms with E-state index >= 15 is 0 Å². The number of amides is 1. The summed E-state index contributed by atoms with van der Waals surface area (Å²) in [4.78, 5) is 15.9. The van der Waals surface area contributed by atoms with Crippen molar-refractivity contribution in [1.29, 1.82) is 0 Å². The number of nitrogens with two attached hydrogens (primary N) is 2. The topological polar surface area (TPSA) is 94.0 Å². The number of hydrogen-bond donors (Lipinski definition) is 3. The van der Waals surface area contributed by atoms with Crippen molar-refractivity contribution in [2.24, 2.45) is 0 Å². The number of aromatic nitrogens is 1. The molecule has 2 aromatic rings. The molecule has 0 aliphatic carbocycles. The predicted octanol–water partition coefficient (Wildman–Crippen LogP) is 2.15. The molecule has 5 N–H and O–H groups in total. The third kappa shape index (κ3) is 2.70. The lowest BCUT2D eigenvalue weighted by atomic mass is 10.1. The molecular weight excluding hydrogens is 252 g/mol. The molecule has 1 aromatic heterocycles. The number of anilines is 3. The molecule has 0 bridgehead atoms. The van der Waals surface area contributed by atoms with E-state index in [1.807, 2.05) is 0 Å². The number of rotatable bonds is 2. The van der Waals surface area contributed by atoms with Gasteiger partial charge in [0.2, 0.25) is 0 Å². The van der Waals surface area contributed by atoms with E-state index < -0.39 is 0 Å². The molecule has 18 heavy (non-hydrogen) atoms. The minimum absolute atomic E-state index is 0.296. The number of carbonyl (C=O) groups excluding carboxylic acids is 1. The number of halogens is 1. The first kappa shape index (κ1) is 12.2. The molecule has 0 saturated heterocycles. The van der Waals surface area contributed by atoms with Crippen LogP contribution in [0, 0.1) is 0 Å². The Morgan fingerprint density at radius 1 is 1.22 bits per heavy atom. The SMILES string of the molecule is Nc1cc(N)cc(C(=O)Nc2ncccc2Cl)c1. The molecule has 6 heteroatoms. The second-order valence-corrected chi connectivity index (χ2v) is 4.08. The maximum atomic E-state index is 11.9. The maximum Gasteiger partial charge on any atom is 0.257 e. The van der Waals surface area contributed by atoms with Crippen molar-refractivity contribution in [1.82, 2.24) is 4.98 Å². The van der Waals surface area contributed by atoms with Gasteiger partial charge in [-0.15, -0.1) is 0 Å². The summed E-state index contributed by atoms with van der Waals surface area (Å²) in [6, 6.07) is 7.95. The normalized spacial score (nSPS) is 10.1. The molecule has 0 spiro atoms. The molecule has 0 aliphatic heterocycles. The molecule has 0 saturated carbocycles. The second-order valence-electron chi connectivity index (χ2n) is 3.68. The fourth-order valence-electron chi connectivity index (χ4n) is 1.47. The van der Waals surface area contributed by atoms with E-state index in [1.54, 1.807) is 18.2 Å². The first-order valence-electron chi connectivity index (χ1n) is 5.14. The van der Waals surface area contributed by atoms with Gasteiger partial charge in [-0.05, 0) is 30.3 Å². The highest BCUT2D eigenvalue weighted by molar-refractivity contribution is 6.33. The van der Waals surface area contributed by atoms with Crippen LogP contribution in [0.5, 0.6) is 0 Å². The zero-order chi connectivity index (χ0) is 13.1. The van der Waals surface area contributed by atoms with E-state index in [1.165, 1.54) is 18.3 Å². The van der Waals surface area contributed by atoms with Crippen molar-refractivity contribution in [3.05, 3.63) is 47.1 Å². The van der Waals surface area contributed by atoms with Gasteiger partial charge in [0, 0.05) is 23.1 Å². The molecular formula is C12H11ClN4O. The van der Waals surface area contributed by atoms with Gasteiger partial charge in [-0.1, -0.05) is 11.6 Å². The highest BCUT2D eigenvalue weighted by Gasteiger charge is 2.10.